The lowest BCUT2D eigenvalue weighted by Gasteiger charge is -2.12. The molecule has 4 rings (SSSR count). The van der Waals surface area contributed by atoms with E-state index in [1.165, 1.54) is 42.5 Å². The summed E-state index contributed by atoms with van der Waals surface area (Å²) in [5.74, 6) is -1.38. The van der Waals surface area contributed by atoms with E-state index >= 15 is 0 Å². The van der Waals surface area contributed by atoms with Gasteiger partial charge < -0.3 is 5.32 Å². The topological polar surface area (TPSA) is 86.0 Å². The van der Waals surface area contributed by atoms with Crippen LogP contribution < -0.4 is 16.6 Å². The average Bonchev–Trinajstić information content (AvgIpc) is 3.55. The molecule has 7 nitrogen and oxygen atoms in total. The molecule has 3 aromatic rings. The number of nitrogens with one attached hydrogen (secondary N) is 1. The summed E-state index contributed by atoms with van der Waals surface area (Å²) in [6.07, 6.45) is 2.01. The molecule has 30 heavy (non-hydrogen) atoms. The Morgan fingerprint density at radius 1 is 1.07 bits per heavy atom. The van der Waals surface area contributed by atoms with Crippen LogP contribution >= 0.6 is 0 Å². The van der Waals surface area contributed by atoms with Crippen molar-refractivity contribution in [2.45, 2.75) is 19.4 Å². The molecule has 1 aromatic heterocycles. The van der Waals surface area contributed by atoms with Crippen molar-refractivity contribution >= 4 is 5.91 Å². The second-order valence-corrected chi connectivity index (χ2v) is 7.19. The lowest BCUT2D eigenvalue weighted by atomic mass is 10.2. The van der Waals surface area contributed by atoms with Crippen molar-refractivity contribution in [2.24, 2.45) is 5.92 Å². The minimum absolute atomic E-state index is 0.0732. The van der Waals surface area contributed by atoms with E-state index in [9.17, 15) is 23.2 Å². The van der Waals surface area contributed by atoms with Crippen LogP contribution in [-0.2, 0) is 6.54 Å². The fourth-order valence-electron chi connectivity index (χ4n) is 2.99. The molecule has 154 valence electrons. The summed E-state index contributed by atoms with van der Waals surface area (Å²) in [4.78, 5) is 38.4. The number of benzene rings is 2. The first kappa shape index (κ1) is 19.7. The molecule has 0 radical (unpaired) electrons. The number of carbonyl (C=O) groups excluding carboxylic acids is 1. The maximum atomic E-state index is 13.7. The van der Waals surface area contributed by atoms with Crippen molar-refractivity contribution in [3.63, 3.8) is 0 Å². The first-order valence-corrected chi connectivity index (χ1v) is 9.45. The van der Waals surface area contributed by atoms with Crippen LogP contribution in [0.4, 0.5) is 8.78 Å². The van der Waals surface area contributed by atoms with Gasteiger partial charge in [-0.3, -0.25) is 14.2 Å². The largest absolute Gasteiger partial charge is 0.352 e. The van der Waals surface area contributed by atoms with Crippen molar-refractivity contribution in [3.05, 3.63) is 92.3 Å². The fourth-order valence-corrected chi connectivity index (χ4v) is 2.99. The average molecular weight is 412 g/mol. The number of carbonyl (C=O) groups is 1. The standard InChI is InChI=1S/C21H18F2N4O3/c22-15-8-6-14(7-9-15)12-26-20(29)18(19(28)24-11-13-4-5-13)25-27(21(26)30)17-3-1-2-16(23)10-17/h1-3,6-10,13H,4-5,11-12H2,(H,24,28). The monoisotopic (exact) mass is 412 g/mol. The minimum atomic E-state index is -0.870. The van der Waals surface area contributed by atoms with Gasteiger partial charge in [-0.1, -0.05) is 18.2 Å². The third kappa shape index (κ3) is 4.19. The van der Waals surface area contributed by atoms with E-state index < -0.39 is 34.5 Å². The molecule has 1 fully saturated rings. The number of halogens is 2. The summed E-state index contributed by atoms with van der Waals surface area (Å²) in [6.45, 7) is 0.218. The molecule has 0 bridgehead atoms. The van der Waals surface area contributed by atoms with E-state index in [1.54, 1.807) is 0 Å². The highest BCUT2D eigenvalue weighted by molar-refractivity contribution is 5.91. The SMILES string of the molecule is O=C(NCC1CC1)c1nn(-c2cccc(F)c2)c(=O)n(Cc2ccc(F)cc2)c1=O. The lowest BCUT2D eigenvalue weighted by Crippen LogP contribution is -2.46. The Kier molecular flexibility index (Phi) is 5.26. The molecule has 1 heterocycles. The van der Waals surface area contributed by atoms with Crippen LogP contribution in [0.15, 0.2) is 58.1 Å². The third-order valence-electron chi connectivity index (χ3n) is 4.83. The van der Waals surface area contributed by atoms with Gasteiger partial charge in [0.05, 0.1) is 12.2 Å². The van der Waals surface area contributed by atoms with Crippen LogP contribution in [0.2, 0.25) is 0 Å². The minimum Gasteiger partial charge on any atom is -0.350 e. The van der Waals surface area contributed by atoms with E-state index in [0.717, 1.165) is 28.2 Å². The van der Waals surface area contributed by atoms with Crippen molar-refractivity contribution in [3.8, 4) is 5.69 Å². The Balaban J connectivity index is 1.81. The van der Waals surface area contributed by atoms with Crippen LogP contribution in [0.1, 0.15) is 28.9 Å². The Morgan fingerprint density at radius 3 is 2.47 bits per heavy atom. The molecule has 0 aliphatic heterocycles. The summed E-state index contributed by atoms with van der Waals surface area (Å²) in [7, 11) is 0. The van der Waals surface area contributed by atoms with Gasteiger partial charge in [0.25, 0.3) is 11.5 Å². The zero-order chi connectivity index (χ0) is 21.3. The maximum absolute atomic E-state index is 13.7. The zero-order valence-electron chi connectivity index (χ0n) is 15.8. The second kappa shape index (κ2) is 8.02. The molecule has 1 amide bonds. The fraction of sp³-hybridized carbons (Fsp3) is 0.238. The van der Waals surface area contributed by atoms with E-state index in [-0.39, 0.29) is 12.2 Å². The highest BCUT2D eigenvalue weighted by Gasteiger charge is 2.25. The number of aromatic nitrogens is 3. The molecule has 2 aromatic carbocycles. The van der Waals surface area contributed by atoms with Crippen molar-refractivity contribution in [2.75, 3.05) is 6.54 Å². The molecular formula is C21H18F2N4O3. The second-order valence-electron chi connectivity index (χ2n) is 7.19. The van der Waals surface area contributed by atoms with Gasteiger partial charge in [0.15, 0.2) is 0 Å². The Labute approximate surface area is 169 Å². The summed E-state index contributed by atoms with van der Waals surface area (Å²) >= 11 is 0. The number of hydrogen-bond acceptors (Lipinski definition) is 4. The van der Waals surface area contributed by atoms with Gasteiger partial charge in [0.1, 0.15) is 11.6 Å². The molecular weight excluding hydrogens is 394 g/mol. The summed E-state index contributed by atoms with van der Waals surface area (Å²) in [6, 6.07) is 10.4. The van der Waals surface area contributed by atoms with E-state index in [1.807, 2.05) is 0 Å². The number of nitrogens with zero attached hydrogens (tertiary/aromatic N) is 3. The molecule has 1 aliphatic rings. The number of rotatable bonds is 6. The van der Waals surface area contributed by atoms with Crippen molar-refractivity contribution in [1.82, 2.24) is 19.7 Å². The Bertz CT molecular complexity index is 1210. The van der Waals surface area contributed by atoms with Crippen molar-refractivity contribution in [1.29, 1.82) is 0 Å². The molecule has 1 N–H and O–H groups in total. The number of hydrogen-bond donors (Lipinski definition) is 1. The highest BCUT2D eigenvalue weighted by atomic mass is 19.1. The first-order valence-electron chi connectivity index (χ1n) is 9.45. The predicted molar refractivity (Wildman–Crippen MR) is 105 cm³/mol. The van der Waals surface area contributed by atoms with E-state index in [4.69, 9.17) is 0 Å². The van der Waals surface area contributed by atoms with Crippen molar-refractivity contribution < 1.29 is 13.6 Å². The molecule has 1 saturated carbocycles. The van der Waals surface area contributed by atoms with E-state index in [2.05, 4.69) is 10.4 Å². The smallest absolute Gasteiger partial charge is 0.350 e. The molecule has 9 heteroatoms. The van der Waals surface area contributed by atoms with Gasteiger partial charge in [0.2, 0.25) is 5.69 Å². The van der Waals surface area contributed by atoms with Crippen LogP contribution in [-0.4, -0.2) is 26.8 Å². The normalized spacial score (nSPS) is 13.3. The van der Waals surface area contributed by atoms with Gasteiger partial charge >= 0.3 is 5.69 Å². The quantitative estimate of drug-likeness (QED) is 0.670. The third-order valence-corrected chi connectivity index (χ3v) is 4.83. The lowest BCUT2D eigenvalue weighted by molar-refractivity contribution is 0.0942. The maximum Gasteiger partial charge on any atom is 0.352 e. The predicted octanol–water partition coefficient (Wildman–Crippen LogP) is 1.86. The Hall–Kier alpha value is -3.62. The summed E-state index contributed by atoms with van der Waals surface area (Å²) in [5, 5.41) is 6.59. The first-order chi connectivity index (χ1) is 14.4. The highest BCUT2D eigenvalue weighted by Crippen LogP contribution is 2.27. The van der Waals surface area contributed by atoms with Gasteiger partial charge in [-0.05, 0) is 54.7 Å². The molecule has 0 unspecified atom stereocenters. The Morgan fingerprint density at radius 2 is 1.80 bits per heavy atom. The van der Waals surface area contributed by atoms with Crippen LogP contribution in [0, 0.1) is 17.6 Å². The van der Waals surface area contributed by atoms with Crippen LogP contribution in [0.5, 0.6) is 0 Å². The molecule has 1 aliphatic carbocycles. The van der Waals surface area contributed by atoms with Gasteiger partial charge in [-0.25, -0.2) is 13.6 Å². The molecule has 0 saturated heterocycles. The van der Waals surface area contributed by atoms with E-state index in [0.29, 0.717) is 18.0 Å². The zero-order valence-corrected chi connectivity index (χ0v) is 15.8. The van der Waals surface area contributed by atoms with Crippen LogP contribution in [0.25, 0.3) is 5.69 Å². The number of amides is 1. The van der Waals surface area contributed by atoms with Crippen LogP contribution in [0.3, 0.4) is 0 Å². The van der Waals surface area contributed by atoms with Gasteiger partial charge in [-0.2, -0.15) is 9.78 Å². The molecule has 0 atom stereocenters. The van der Waals surface area contributed by atoms with Gasteiger partial charge in [0, 0.05) is 6.54 Å². The molecule has 0 spiro atoms. The van der Waals surface area contributed by atoms with Gasteiger partial charge in [-0.15, -0.1) is 0 Å². The summed E-state index contributed by atoms with van der Waals surface area (Å²) in [5.41, 5.74) is -1.62. The summed E-state index contributed by atoms with van der Waals surface area (Å²) < 4.78 is 28.5.